The monoisotopic (exact) mass is 315 g/mol. The molecule has 0 aliphatic rings. The summed E-state index contributed by atoms with van der Waals surface area (Å²) >= 11 is 0. The van der Waals surface area contributed by atoms with E-state index < -0.39 is 0 Å². The van der Waals surface area contributed by atoms with Crippen LogP contribution in [0.1, 0.15) is 65.4 Å². The molecule has 23 heavy (non-hydrogen) atoms. The van der Waals surface area contributed by atoms with E-state index >= 15 is 0 Å². The number of rotatable bonds is 10. The molecule has 0 aliphatic carbocycles. The van der Waals surface area contributed by atoms with Gasteiger partial charge in [-0.3, -0.25) is 4.79 Å². The van der Waals surface area contributed by atoms with Crippen molar-refractivity contribution in [3.63, 3.8) is 0 Å². The van der Waals surface area contributed by atoms with Gasteiger partial charge in [0.2, 0.25) is 5.91 Å². The van der Waals surface area contributed by atoms with Gasteiger partial charge in [0.05, 0.1) is 0 Å². The third-order valence-corrected chi connectivity index (χ3v) is 3.84. The molecular weight excluding hydrogens is 282 g/mol. The zero-order valence-corrected chi connectivity index (χ0v) is 15.3. The van der Waals surface area contributed by atoms with E-state index in [1.54, 1.807) is 0 Å². The third kappa shape index (κ3) is 8.59. The average Bonchev–Trinajstić information content (AvgIpc) is 2.51. The topological polar surface area (TPSA) is 20.3 Å². The van der Waals surface area contributed by atoms with Gasteiger partial charge in [-0.1, -0.05) is 82.0 Å². The molecule has 1 aromatic carbocycles. The molecule has 1 amide bonds. The Labute approximate surface area is 142 Å². The highest BCUT2D eigenvalue weighted by Crippen LogP contribution is 2.12. The molecule has 2 nitrogen and oxygen atoms in total. The fraction of sp³-hybridized carbons (Fsp3) is 0.571. The smallest absolute Gasteiger partial charge is 0.222 e. The first-order valence-electron chi connectivity index (χ1n) is 9.03. The van der Waals surface area contributed by atoms with Crippen LogP contribution in [0.4, 0.5) is 0 Å². The van der Waals surface area contributed by atoms with Gasteiger partial charge in [-0.05, 0) is 24.8 Å². The van der Waals surface area contributed by atoms with Gasteiger partial charge in [0.25, 0.3) is 0 Å². The maximum absolute atomic E-state index is 12.5. The first kappa shape index (κ1) is 19.5. The molecule has 0 spiro atoms. The van der Waals surface area contributed by atoms with E-state index in [2.05, 4.69) is 45.9 Å². The summed E-state index contributed by atoms with van der Waals surface area (Å²) in [5.74, 6) is 0.801. The number of unbranched alkanes of at least 4 members (excludes halogenated alkanes) is 3. The summed E-state index contributed by atoms with van der Waals surface area (Å²) in [5.41, 5.74) is 2.43. The van der Waals surface area contributed by atoms with Crippen molar-refractivity contribution in [2.45, 2.75) is 59.8 Å². The molecule has 0 heterocycles. The molecule has 2 heteroatoms. The minimum absolute atomic E-state index is 0.301. The summed E-state index contributed by atoms with van der Waals surface area (Å²) in [6.45, 7) is 10.2. The lowest BCUT2D eigenvalue weighted by molar-refractivity contribution is -0.131. The second-order valence-electron chi connectivity index (χ2n) is 6.88. The van der Waals surface area contributed by atoms with Gasteiger partial charge in [-0.2, -0.15) is 0 Å². The third-order valence-electron chi connectivity index (χ3n) is 3.84. The largest absolute Gasteiger partial charge is 0.338 e. The van der Waals surface area contributed by atoms with Crippen molar-refractivity contribution < 1.29 is 4.79 Å². The fourth-order valence-corrected chi connectivity index (χ4v) is 2.74. The van der Waals surface area contributed by atoms with E-state index in [1.165, 1.54) is 24.0 Å². The maximum atomic E-state index is 12.5. The highest BCUT2D eigenvalue weighted by molar-refractivity contribution is 5.76. The predicted molar refractivity (Wildman–Crippen MR) is 100 cm³/mol. The van der Waals surface area contributed by atoms with Crippen LogP contribution in [0, 0.1) is 5.92 Å². The Balaban J connectivity index is 2.62. The molecule has 1 aromatic rings. The Kier molecular flexibility index (Phi) is 9.35. The predicted octanol–water partition coefficient (Wildman–Crippen LogP) is 5.54. The normalized spacial score (nSPS) is 11.8. The van der Waals surface area contributed by atoms with Crippen LogP contribution in [-0.2, 0) is 4.79 Å². The van der Waals surface area contributed by atoms with Gasteiger partial charge < -0.3 is 4.90 Å². The summed E-state index contributed by atoms with van der Waals surface area (Å²) in [6.07, 6.45) is 7.48. The Morgan fingerprint density at radius 3 is 2.43 bits per heavy atom. The van der Waals surface area contributed by atoms with Gasteiger partial charge in [0.15, 0.2) is 0 Å². The number of carbonyl (C=O) groups is 1. The van der Waals surface area contributed by atoms with Crippen LogP contribution in [0.5, 0.6) is 0 Å². The van der Waals surface area contributed by atoms with E-state index in [4.69, 9.17) is 0 Å². The standard InChI is InChI=1S/C21H33NO/c1-5-6-7-11-14-21(23)22(16-18(2)3)17-19(4)15-20-12-9-8-10-13-20/h8-10,12-13,15,18H,5-7,11,14,16-17H2,1-4H3/b19-15+. The fourth-order valence-electron chi connectivity index (χ4n) is 2.74. The van der Waals surface area contributed by atoms with Crippen LogP contribution in [0.25, 0.3) is 6.08 Å². The molecule has 0 fully saturated rings. The van der Waals surface area contributed by atoms with Crippen LogP contribution in [0.2, 0.25) is 0 Å². The van der Waals surface area contributed by atoms with Crippen LogP contribution >= 0.6 is 0 Å². The SMILES string of the molecule is CCCCCCC(=O)N(C/C(C)=C/c1ccccc1)CC(C)C. The number of carbonyl (C=O) groups excluding carboxylic acids is 1. The zero-order valence-electron chi connectivity index (χ0n) is 15.3. The molecule has 0 unspecified atom stereocenters. The highest BCUT2D eigenvalue weighted by atomic mass is 16.2. The molecule has 0 aromatic heterocycles. The van der Waals surface area contributed by atoms with Crippen LogP contribution in [0.3, 0.4) is 0 Å². The van der Waals surface area contributed by atoms with Crippen LogP contribution < -0.4 is 0 Å². The lowest BCUT2D eigenvalue weighted by atomic mass is 10.1. The van der Waals surface area contributed by atoms with Crippen molar-refractivity contribution in [3.05, 3.63) is 41.5 Å². The Morgan fingerprint density at radius 2 is 1.83 bits per heavy atom. The number of amides is 1. The Morgan fingerprint density at radius 1 is 1.13 bits per heavy atom. The quantitative estimate of drug-likeness (QED) is 0.519. The van der Waals surface area contributed by atoms with Gasteiger partial charge >= 0.3 is 0 Å². The van der Waals surface area contributed by atoms with E-state index in [1.807, 2.05) is 23.1 Å². The second kappa shape index (κ2) is 11.0. The minimum Gasteiger partial charge on any atom is -0.338 e. The summed E-state index contributed by atoms with van der Waals surface area (Å²) in [4.78, 5) is 14.6. The summed E-state index contributed by atoms with van der Waals surface area (Å²) in [7, 11) is 0. The summed E-state index contributed by atoms with van der Waals surface area (Å²) in [5, 5.41) is 0. The number of benzene rings is 1. The molecule has 1 rings (SSSR count). The van der Waals surface area contributed by atoms with E-state index in [-0.39, 0.29) is 0 Å². The van der Waals surface area contributed by atoms with Crippen molar-refractivity contribution >= 4 is 12.0 Å². The maximum Gasteiger partial charge on any atom is 0.222 e. The first-order valence-corrected chi connectivity index (χ1v) is 9.03. The first-order chi connectivity index (χ1) is 11.0. The van der Waals surface area contributed by atoms with E-state index in [0.717, 1.165) is 25.9 Å². The minimum atomic E-state index is 0.301. The Hall–Kier alpha value is -1.57. The lowest BCUT2D eigenvalue weighted by Crippen LogP contribution is -2.35. The van der Waals surface area contributed by atoms with Crippen molar-refractivity contribution in [1.29, 1.82) is 0 Å². The summed E-state index contributed by atoms with van der Waals surface area (Å²) < 4.78 is 0. The van der Waals surface area contributed by atoms with Gasteiger partial charge in [-0.15, -0.1) is 0 Å². The molecule has 0 atom stereocenters. The zero-order chi connectivity index (χ0) is 17.1. The number of nitrogens with zero attached hydrogens (tertiary/aromatic N) is 1. The van der Waals surface area contributed by atoms with Crippen molar-refractivity contribution in [3.8, 4) is 0 Å². The molecule has 0 N–H and O–H groups in total. The second-order valence-corrected chi connectivity index (χ2v) is 6.88. The van der Waals surface area contributed by atoms with Gasteiger partial charge in [0, 0.05) is 19.5 Å². The van der Waals surface area contributed by atoms with Crippen LogP contribution in [-0.4, -0.2) is 23.9 Å². The van der Waals surface area contributed by atoms with E-state index in [0.29, 0.717) is 18.2 Å². The van der Waals surface area contributed by atoms with Crippen LogP contribution in [0.15, 0.2) is 35.9 Å². The van der Waals surface area contributed by atoms with Crippen molar-refractivity contribution in [1.82, 2.24) is 4.90 Å². The molecule has 0 aliphatic heterocycles. The molecule has 0 bridgehead atoms. The number of hydrogen-bond donors (Lipinski definition) is 0. The van der Waals surface area contributed by atoms with Crippen molar-refractivity contribution in [2.75, 3.05) is 13.1 Å². The Bertz CT molecular complexity index is 476. The van der Waals surface area contributed by atoms with Gasteiger partial charge in [0.1, 0.15) is 0 Å². The molecule has 0 saturated carbocycles. The average molecular weight is 316 g/mol. The molecule has 0 saturated heterocycles. The molecule has 0 radical (unpaired) electrons. The van der Waals surface area contributed by atoms with Gasteiger partial charge in [-0.25, -0.2) is 0 Å². The molecule has 128 valence electrons. The lowest BCUT2D eigenvalue weighted by Gasteiger charge is -2.25. The van der Waals surface area contributed by atoms with E-state index in [9.17, 15) is 4.79 Å². The van der Waals surface area contributed by atoms with Crippen molar-refractivity contribution in [2.24, 2.45) is 5.92 Å². The molecular formula is C21H33NO. The summed E-state index contributed by atoms with van der Waals surface area (Å²) in [6, 6.07) is 10.3. The highest BCUT2D eigenvalue weighted by Gasteiger charge is 2.14. The number of hydrogen-bond acceptors (Lipinski definition) is 1.